The van der Waals surface area contributed by atoms with Crippen LogP contribution in [-0.2, 0) is 0 Å². The third-order valence-electron chi connectivity index (χ3n) is 1.79. The molecule has 1 aromatic rings. The summed E-state index contributed by atoms with van der Waals surface area (Å²) >= 11 is 1.61. The average Bonchev–Trinajstić information content (AvgIpc) is 2.26. The van der Waals surface area contributed by atoms with Crippen LogP contribution in [0.2, 0.25) is 0 Å². The summed E-state index contributed by atoms with van der Waals surface area (Å²) in [4.78, 5) is 5.30. The smallest absolute Gasteiger partial charge is 0.258 e. The Morgan fingerprint density at radius 1 is 1.36 bits per heavy atom. The summed E-state index contributed by atoms with van der Waals surface area (Å²) in [5.41, 5.74) is 0. The van der Waals surface area contributed by atoms with Crippen molar-refractivity contribution >= 4 is 17.6 Å². The summed E-state index contributed by atoms with van der Waals surface area (Å²) < 4.78 is 10.2. The molecule has 0 spiro atoms. The monoisotopic (exact) mass is 214 g/mol. The molecule has 1 N–H and O–H groups in total. The second-order valence-corrected chi connectivity index (χ2v) is 3.35. The molecule has 0 aromatic carbocycles. The first-order valence-electron chi connectivity index (χ1n) is 4.11. The number of hydrogen-bond donors (Lipinski definition) is 1. The first kappa shape index (κ1) is 11.0. The molecule has 5 heteroatoms. The van der Waals surface area contributed by atoms with Gasteiger partial charge in [0.1, 0.15) is 5.82 Å². The van der Waals surface area contributed by atoms with Gasteiger partial charge in [-0.05, 0) is 6.26 Å². The molecule has 0 aliphatic heterocycles. The van der Waals surface area contributed by atoms with E-state index in [2.05, 4.69) is 10.3 Å². The zero-order valence-electron chi connectivity index (χ0n) is 8.75. The Labute approximate surface area is 88.0 Å². The van der Waals surface area contributed by atoms with Gasteiger partial charge in [0.2, 0.25) is 0 Å². The number of aromatic nitrogens is 1. The number of thioether (sulfide) groups is 1. The largest absolute Gasteiger partial charge is 0.491 e. The number of rotatable bonds is 4. The molecule has 0 fully saturated rings. The maximum Gasteiger partial charge on any atom is 0.258 e. The third kappa shape index (κ3) is 2.04. The van der Waals surface area contributed by atoms with Gasteiger partial charge in [0.15, 0.2) is 5.75 Å². The highest BCUT2D eigenvalue weighted by Gasteiger charge is 2.10. The molecule has 0 radical (unpaired) electrons. The van der Waals surface area contributed by atoms with Gasteiger partial charge in [-0.25, -0.2) is 0 Å². The van der Waals surface area contributed by atoms with Crippen LogP contribution in [0.25, 0.3) is 0 Å². The van der Waals surface area contributed by atoms with Crippen molar-refractivity contribution in [3.8, 4) is 11.6 Å². The normalized spacial score (nSPS) is 9.71. The summed E-state index contributed by atoms with van der Waals surface area (Å²) in [5.74, 6) is 1.95. The zero-order chi connectivity index (χ0) is 10.6. The molecule has 0 atom stereocenters. The zero-order valence-corrected chi connectivity index (χ0v) is 9.57. The minimum atomic E-state index is 0.495. The quantitative estimate of drug-likeness (QED) is 0.775. The molecule has 78 valence electrons. The Balaban J connectivity index is 3.20. The molecule has 1 rings (SSSR count). The lowest BCUT2D eigenvalue weighted by Gasteiger charge is -2.11. The predicted octanol–water partition coefficient (Wildman–Crippen LogP) is 1.86. The molecule has 0 saturated heterocycles. The predicted molar refractivity (Wildman–Crippen MR) is 58.7 cm³/mol. The lowest BCUT2D eigenvalue weighted by Crippen LogP contribution is -1.99. The van der Waals surface area contributed by atoms with E-state index in [1.165, 1.54) is 0 Å². The van der Waals surface area contributed by atoms with Gasteiger partial charge >= 0.3 is 0 Å². The molecular weight excluding hydrogens is 200 g/mol. The van der Waals surface area contributed by atoms with E-state index in [0.29, 0.717) is 11.6 Å². The Morgan fingerprint density at radius 3 is 2.50 bits per heavy atom. The van der Waals surface area contributed by atoms with Gasteiger partial charge in [-0.3, -0.25) is 0 Å². The lowest BCUT2D eigenvalue weighted by molar-refractivity contribution is 0.342. The van der Waals surface area contributed by atoms with Crippen LogP contribution in [0.5, 0.6) is 11.6 Å². The van der Waals surface area contributed by atoms with E-state index in [-0.39, 0.29) is 0 Å². The minimum absolute atomic E-state index is 0.495. The van der Waals surface area contributed by atoms with E-state index in [1.807, 2.05) is 19.4 Å². The van der Waals surface area contributed by atoms with Crippen molar-refractivity contribution in [2.75, 3.05) is 32.8 Å². The van der Waals surface area contributed by atoms with Crippen molar-refractivity contribution in [1.29, 1.82) is 0 Å². The number of pyridine rings is 1. The van der Waals surface area contributed by atoms with Crippen LogP contribution in [0.15, 0.2) is 11.0 Å². The molecule has 0 aliphatic rings. The molecule has 0 unspecified atom stereocenters. The van der Waals surface area contributed by atoms with Crippen molar-refractivity contribution in [1.82, 2.24) is 4.98 Å². The summed E-state index contributed by atoms with van der Waals surface area (Å²) in [6.07, 6.45) is 1.99. The molecule has 4 nitrogen and oxygen atoms in total. The first-order chi connectivity index (χ1) is 6.76. The summed E-state index contributed by atoms with van der Waals surface area (Å²) in [6.45, 7) is 0. The van der Waals surface area contributed by atoms with Gasteiger partial charge in [0, 0.05) is 13.1 Å². The van der Waals surface area contributed by atoms with E-state index in [9.17, 15) is 0 Å². The molecule has 0 bridgehead atoms. The fourth-order valence-electron chi connectivity index (χ4n) is 1.09. The van der Waals surface area contributed by atoms with Crippen molar-refractivity contribution < 1.29 is 9.47 Å². The molecule has 0 amide bonds. The minimum Gasteiger partial charge on any atom is -0.491 e. The maximum atomic E-state index is 5.15. The first-order valence-corrected chi connectivity index (χ1v) is 5.34. The highest BCUT2D eigenvalue weighted by molar-refractivity contribution is 7.98. The van der Waals surface area contributed by atoms with Crippen LogP contribution in [0.1, 0.15) is 0 Å². The average molecular weight is 214 g/mol. The number of anilines is 1. The fraction of sp³-hybridized carbons (Fsp3) is 0.444. The summed E-state index contributed by atoms with van der Waals surface area (Å²) in [7, 11) is 5.00. The standard InChI is InChI=1S/C9H14N2O2S/c1-10-8-7(14-4)5-6(12-2)9(11-8)13-3/h5H,1-4H3,(H,10,11). The van der Waals surface area contributed by atoms with Crippen LogP contribution in [-0.4, -0.2) is 32.5 Å². The van der Waals surface area contributed by atoms with Gasteiger partial charge in [-0.1, -0.05) is 0 Å². The topological polar surface area (TPSA) is 43.4 Å². The molecule has 14 heavy (non-hydrogen) atoms. The molecule has 0 saturated carbocycles. The number of nitrogens with zero attached hydrogens (tertiary/aromatic N) is 1. The molecule has 0 aliphatic carbocycles. The molecular formula is C9H14N2O2S. The van der Waals surface area contributed by atoms with Crippen molar-refractivity contribution in [3.63, 3.8) is 0 Å². The number of hydrogen-bond acceptors (Lipinski definition) is 5. The van der Waals surface area contributed by atoms with Gasteiger partial charge in [0.05, 0.1) is 19.1 Å². The van der Waals surface area contributed by atoms with Gasteiger partial charge in [0.25, 0.3) is 5.88 Å². The Bertz CT molecular complexity index is 260. The molecule has 1 heterocycles. The fourth-order valence-corrected chi connectivity index (χ4v) is 1.65. The Kier molecular flexibility index (Phi) is 3.88. The van der Waals surface area contributed by atoms with Gasteiger partial charge in [-0.15, -0.1) is 11.8 Å². The van der Waals surface area contributed by atoms with Gasteiger partial charge < -0.3 is 14.8 Å². The number of ether oxygens (including phenoxy) is 2. The maximum absolute atomic E-state index is 5.15. The van der Waals surface area contributed by atoms with Crippen LogP contribution in [0.4, 0.5) is 5.82 Å². The Hall–Kier alpha value is -1.10. The Morgan fingerprint density at radius 2 is 2.07 bits per heavy atom. The van der Waals surface area contributed by atoms with Crippen LogP contribution in [0.3, 0.4) is 0 Å². The highest BCUT2D eigenvalue weighted by Crippen LogP contribution is 2.33. The van der Waals surface area contributed by atoms with E-state index in [0.717, 1.165) is 10.7 Å². The summed E-state index contributed by atoms with van der Waals surface area (Å²) in [5, 5.41) is 3.01. The van der Waals surface area contributed by atoms with Crippen molar-refractivity contribution in [2.45, 2.75) is 4.90 Å². The number of nitrogens with one attached hydrogen (secondary N) is 1. The van der Waals surface area contributed by atoms with Crippen LogP contribution < -0.4 is 14.8 Å². The lowest BCUT2D eigenvalue weighted by atomic mass is 10.4. The second-order valence-electron chi connectivity index (χ2n) is 2.50. The van der Waals surface area contributed by atoms with Crippen molar-refractivity contribution in [2.24, 2.45) is 0 Å². The molecule has 1 aromatic heterocycles. The van der Waals surface area contributed by atoms with E-state index >= 15 is 0 Å². The van der Waals surface area contributed by atoms with E-state index in [1.54, 1.807) is 26.0 Å². The van der Waals surface area contributed by atoms with Crippen molar-refractivity contribution in [3.05, 3.63) is 6.07 Å². The SMILES string of the molecule is CNc1nc(OC)c(OC)cc1SC. The number of methoxy groups -OCH3 is 2. The van der Waals surface area contributed by atoms with Gasteiger partial charge in [-0.2, -0.15) is 4.98 Å². The van der Waals surface area contributed by atoms with Crippen LogP contribution >= 0.6 is 11.8 Å². The van der Waals surface area contributed by atoms with Crippen LogP contribution in [0, 0.1) is 0 Å². The highest BCUT2D eigenvalue weighted by atomic mass is 32.2. The van der Waals surface area contributed by atoms with E-state index < -0.39 is 0 Å². The van der Waals surface area contributed by atoms with E-state index in [4.69, 9.17) is 9.47 Å². The third-order valence-corrected chi connectivity index (χ3v) is 2.54. The second kappa shape index (κ2) is 4.95. The summed E-state index contributed by atoms with van der Waals surface area (Å²) in [6, 6.07) is 1.91.